The third-order valence-corrected chi connectivity index (χ3v) is 3.79. The van der Waals surface area contributed by atoms with Crippen LogP contribution in [0.2, 0.25) is 0 Å². The molecule has 0 spiro atoms. The van der Waals surface area contributed by atoms with Crippen LogP contribution < -0.4 is 15.1 Å². The molecule has 0 bridgehead atoms. The standard InChI is InChI=1S/C18H24O6/c1-3-5-6-12(4-2)23-17-16(20)14-8-7-13(22-10-9-19)11-15(14)24-18(17)21/h7-8,11-12,19-20H,3-6,9-10H2,1-2H3. The van der Waals surface area contributed by atoms with Gasteiger partial charge < -0.3 is 24.1 Å². The predicted octanol–water partition coefficient (Wildman–Crippen LogP) is 3.22. The Kier molecular flexibility index (Phi) is 6.49. The number of ether oxygens (including phenoxy) is 2. The van der Waals surface area contributed by atoms with Crippen molar-refractivity contribution in [3.8, 4) is 17.2 Å². The summed E-state index contributed by atoms with van der Waals surface area (Å²) in [5.41, 5.74) is -0.504. The summed E-state index contributed by atoms with van der Waals surface area (Å²) in [5, 5.41) is 19.6. The number of hydrogen-bond donors (Lipinski definition) is 2. The van der Waals surface area contributed by atoms with Crippen LogP contribution in [0.3, 0.4) is 0 Å². The maximum Gasteiger partial charge on any atom is 0.383 e. The third kappa shape index (κ3) is 4.20. The predicted molar refractivity (Wildman–Crippen MR) is 91.0 cm³/mol. The van der Waals surface area contributed by atoms with Gasteiger partial charge >= 0.3 is 5.63 Å². The molecule has 0 fully saturated rings. The lowest BCUT2D eigenvalue weighted by Crippen LogP contribution is -2.19. The van der Waals surface area contributed by atoms with E-state index in [1.807, 2.05) is 6.92 Å². The zero-order chi connectivity index (χ0) is 17.5. The molecule has 1 heterocycles. The molecule has 1 aromatic heterocycles. The second-order valence-electron chi connectivity index (χ2n) is 5.59. The van der Waals surface area contributed by atoms with Crippen LogP contribution >= 0.6 is 0 Å². The Morgan fingerprint density at radius 2 is 2.08 bits per heavy atom. The van der Waals surface area contributed by atoms with E-state index in [0.29, 0.717) is 11.1 Å². The highest BCUT2D eigenvalue weighted by atomic mass is 16.5. The second kappa shape index (κ2) is 8.59. The molecule has 6 heteroatoms. The lowest BCUT2D eigenvalue weighted by molar-refractivity contribution is 0.170. The summed E-state index contributed by atoms with van der Waals surface area (Å²) >= 11 is 0. The summed E-state index contributed by atoms with van der Waals surface area (Å²) in [6.07, 6.45) is 3.45. The first-order valence-electron chi connectivity index (χ1n) is 8.30. The highest BCUT2D eigenvalue weighted by Crippen LogP contribution is 2.34. The zero-order valence-electron chi connectivity index (χ0n) is 14.1. The lowest BCUT2D eigenvalue weighted by atomic mass is 10.1. The van der Waals surface area contributed by atoms with Crippen LogP contribution in [0.25, 0.3) is 11.0 Å². The summed E-state index contributed by atoms with van der Waals surface area (Å²) in [7, 11) is 0. The van der Waals surface area contributed by atoms with E-state index in [0.717, 1.165) is 25.7 Å². The van der Waals surface area contributed by atoms with E-state index < -0.39 is 5.63 Å². The molecule has 0 aliphatic rings. The zero-order valence-corrected chi connectivity index (χ0v) is 14.1. The van der Waals surface area contributed by atoms with Crippen molar-refractivity contribution >= 4 is 11.0 Å². The Bertz CT molecular complexity index is 721. The number of rotatable bonds is 9. The van der Waals surface area contributed by atoms with Crippen LogP contribution in [0.15, 0.2) is 27.4 Å². The van der Waals surface area contributed by atoms with Crippen LogP contribution in [-0.4, -0.2) is 29.5 Å². The Hall–Kier alpha value is -2.21. The van der Waals surface area contributed by atoms with Gasteiger partial charge in [0.15, 0.2) is 5.75 Å². The minimum Gasteiger partial charge on any atom is -0.504 e. The topological polar surface area (TPSA) is 89.1 Å². The van der Waals surface area contributed by atoms with Crippen LogP contribution in [0.5, 0.6) is 17.2 Å². The van der Waals surface area contributed by atoms with E-state index in [1.54, 1.807) is 12.1 Å². The molecule has 0 radical (unpaired) electrons. The summed E-state index contributed by atoms with van der Waals surface area (Å²) in [4.78, 5) is 12.2. The first kappa shape index (κ1) is 18.1. The van der Waals surface area contributed by atoms with Crippen molar-refractivity contribution in [3.05, 3.63) is 28.6 Å². The molecule has 1 atom stereocenters. The SMILES string of the molecule is CCCCC(CC)Oc1c(O)c2ccc(OCCO)cc2oc1=O. The average molecular weight is 336 g/mol. The van der Waals surface area contributed by atoms with Gasteiger partial charge in [-0.2, -0.15) is 0 Å². The van der Waals surface area contributed by atoms with E-state index in [9.17, 15) is 9.90 Å². The number of fused-ring (bicyclic) bond motifs is 1. The molecule has 0 saturated carbocycles. The maximum absolute atomic E-state index is 12.2. The summed E-state index contributed by atoms with van der Waals surface area (Å²) in [5.74, 6) is 0.0848. The maximum atomic E-state index is 12.2. The number of aliphatic hydroxyl groups is 1. The molecule has 0 aliphatic carbocycles. The minimum atomic E-state index is -0.714. The van der Waals surface area contributed by atoms with Crippen molar-refractivity contribution in [1.82, 2.24) is 0 Å². The Morgan fingerprint density at radius 3 is 2.75 bits per heavy atom. The van der Waals surface area contributed by atoms with Crippen LogP contribution in [-0.2, 0) is 0 Å². The van der Waals surface area contributed by atoms with Gasteiger partial charge in [-0.05, 0) is 25.0 Å². The normalized spacial score (nSPS) is 12.3. The molecule has 6 nitrogen and oxygen atoms in total. The van der Waals surface area contributed by atoms with Crippen molar-refractivity contribution in [3.63, 3.8) is 0 Å². The number of benzene rings is 1. The van der Waals surface area contributed by atoms with Crippen molar-refractivity contribution in [2.45, 2.75) is 45.6 Å². The fourth-order valence-corrected chi connectivity index (χ4v) is 2.45. The highest BCUT2D eigenvalue weighted by Gasteiger charge is 2.19. The van der Waals surface area contributed by atoms with Gasteiger partial charge in [0.25, 0.3) is 0 Å². The Morgan fingerprint density at radius 1 is 1.29 bits per heavy atom. The first-order chi connectivity index (χ1) is 11.6. The van der Waals surface area contributed by atoms with Crippen molar-refractivity contribution in [1.29, 1.82) is 0 Å². The van der Waals surface area contributed by atoms with E-state index in [1.165, 1.54) is 6.07 Å². The van der Waals surface area contributed by atoms with Gasteiger partial charge in [-0.1, -0.05) is 26.7 Å². The smallest absolute Gasteiger partial charge is 0.383 e. The highest BCUT2D eigenvalue weighted by molar-refractivity contribution is 5.86. The van der Waals surface area contributed by atoms with Crippen LogP contribution in [0.1, 0.15) is 39.5 Å². The molecule has 2 N–H and O–H groups in total. The van der Waals surface area contributed by atoms with E-state index in [-0.39, 0.29) is 36.4 Å². The van der Waals surface area contributed by atoms with E-state index in [2.05, 4.69) is 6.92 Å². The molecular formula is C18H24O6. The van der Waals surface area contributed by atoms with Crippen LogP contribution in [0, 0.1) is 0 Å². The summed E-state index contributed by atoms with van der Waals surface area (Å²) < 4.78 is 16.2. The molecule has 132 valence electrons. The monoisotopic (exact) mass is 336 g/mol. The average Bonchev–Trinajstić information content (AvgIpc) is 2.59. The van der Waals surface area contributed by atoms with E-state index in [4.69, 9.17) is 19.0 Å². The largest absolute Gasteiger partial charge is 0.504 e. The van der Waals surface area contributed by atoms with Gasteiger partial charge in [-0.3, -0.25) is 0 Å². The molecule has 0 amide bonds. The molecule has 2 aromatic rings. The molecule has 1 unspecified atom stereocenters. The molecular weight excluding hydrogens is 312 g/mol. The number of hydrogen-bond acceptors (Lipinski definition) is 6. The van der Waals surface area contributed by atoms with Crippen molar-refractivity contribution < 1.29 is 24.1 Å². The molecule has 0 saturated heterocycles. The Labute approximate surface area is 140 Å². The van der Waals surface area contributed by atoms with Gasteiger partial charge in [-0.15, -0.1) is 0 Å². The Balaban J connectivity index is 2.33. The van der Waals surface area contributed by atoms with Gasteiger partial charge in [0.05, 0.1) is 18.1 Å². The summed E-state index contributed by atoms with van der Waals surface area (Å²) in [6.45, 7) is 4.09. The number of aliphatic hydroxyl groups excluding tert-OH is 1. The first-order valence-corrected chi connectivity index (χ1v) is 8.30. The van der Waals surface area contributed by atoms with Gasteiger partial charge in [0.2, 0.25) is 5.75 Å². The van der Waals surface area contributed by atoms with E-state index >= 15 is 0 Å². The van der Waals surface area contributed by atoms with Gasteiger partial charge in [0.1, 0.15) is 17.9 Å². The molecule has 2 rings (SSSR count). The van der Waals surface area contributed by atoms with Crippen molar-refractivity contribution in [2.75, 3.05) is 13.2 Å². The van der Waals surface area contributed by atoms with Crippen LogP contribution in [0.4, 0.5) is 0 Å². The second-order valence-corrected chi connectivity index (χ2v) is 5.59. The molecule has 1 aromatic carbocycles. The molecule has 0 aliphatic heterocycles. The fourth-order valence-electron chi connectivity index (χ4n) is 2.45. The summed E-state index contributed by atoms with van der Waals surface area (Å²) in [6, 6.07) is 4.74. The third-order valence-electron chi connectivity index (χ3n) is 3.79. The minimum absolute atomic E-state index is 0.115. The van der Waals surface area contributed by atoms with Gasteiger partial charge in [0, 0.05) is 6.07 Å². The van der Waals surface area contributed by atoms with Crippen molar-refractivity contribution in [2.24, 2.45) is 0 Å². The lowest BCUT2D eigenvalue weighted by Gasteiger charge is -2.17. The number of aromatic hydroxyl groups is 1. The number of unbranched alkanes of at least 4 members (excludes halogenated alkanes) is 1. The van der Waals surface area contributed by atoms with Gasteiger partial charge in [-0.25, -0.2) is 4.79 Å². The quantitative estimate of drug-likeness (QED) is 0.684. The molecule has 24 heavy (non-hydrogen) atoms. The fraction of sp³-hybridized carbons (Fsp3) is 0.500.